The topological polar surface area (TPSA) is 78.5 Å². The fourth-order valence-corrected chi connectivity index (χ4v) is 5.78. The minimum absolute atomic E-state index is 0.0489. The van der Waals surface area contributed by atoms with Crippen LogP contribution in [0.5, 0.6) is 0 Å². The number of hydrogen-bond acceptors (Lipinski definition) is 6. The van der Waals surface area contributed by atoms with Crippen molar-refractivity contribution in [1.29, 1.82) is 0 Å². The number of likely N-dealkylation sites (tertiary alicyclic amines) is 1. The third-order valence-electron chi connectivity index (χ3n) is 6.56. The molecule has 7 nitrogen and oxygen atoms in total. The van der Waals surface area contributed by atoms with Gasteiger partial charge in [-0.05, 0) is 49.6 Å². The maximum atomic E-state index is 12.9. The summed E-state index contributed by atoms with van der Waals surface area (Å²) in [6, 6.07) is 2.00. The van der Waals surface area contributed by atoms with Crippen molar-refractivity contribution in [1.82, 2.24) is 19.8 Å². The normalized spacial score (nSPS) is 24.4. The molecule has 0 saturated carbocycles. The van der Waals surface area contributed by atoms with E-state index in [0.29, 0.717) is 25.5 Å². The van der Waals surface area contributed by atoms with Crippen molar-refractivity contribution in [2.45, 2.75) is 64.3 Å². The largest absolute Gasteiger partial charge is 0.368 e. The fourth-order valence-electron chi connectivity index (χ4n) is 4.83. The first kappa shape index (κ1) is 19.9. The number of thiophene rings is 1. The Kier molecular flexibility index (Phi) is 5.47. The molecule has 8 heteroatoms. The van der Waals surface area contributed by atoms with Crippen LogP contribution in [-0.2, 0) is 29.0 Å². The first-order chi connectivity index (χ1) is 14.6. The van der Waals surface area contributed by atoms with E-state index in [1.165, 1.54) is 10.4 Å². The number of aryl methyl sites for hydroxylation is 1. The minimum atomic E-state index is -0.329. The summed E-state index contributed by atoms with van der Waals surface area (Å²) in [7, 11) is 0. The number of nitrogens with zero attached hydrogens (tertiary/aromatic N) is 3. The number of rotatable bonds is 4. The number of nitrogens with one attached hydrogen (secondary N) is 1. The molecule has 2 fully saturated rings. The van der Waals surface area contributed by atoms with Gasteiger partial charge in [0.05, 0.1) is 17.3 Å². The highest BCUT2D eigenvalue weighted by atomic mass is 32.1. The molecule has 2 aromatic rings. The van der Waals surface area contributed by atoms with Crippen LogP contribution in [0.25, 0.3) is 0 Å². The van der Waals surface area contributed by atoms with Gasteiger partial charge in [-0.15, -0.1) is 11.3 Å². The molecule has 1 N–H and O–H groups in total. The monoisotopic (exact) mass is 428 g/mol. The summed E-state index contributed by atoms with van der Waals surface area (Å²) in [5.41, 5.74) is 2.92. The van der Waals surface area contributed by atoms with E-state index in [1.54, 1.807) is 11.3 Å². The van der Waals surface area contributed by atoms with E-state index in [4.69, 9.17) is 9.72 Å². The van der Waals surface area contributed by atoms with E-state index in [0.717, 1.165) is 56.5 Å². The Morgan fingerprint density at radius 2 is 2.23 bits per heavy atom. The molecule has 0 radical (unpaired) electrons. The zero-order valence-electron chi connectivity index (χ0n) is 17.4. The molecule has 2 atom stereocenters. The Balaban J connectivity index is 1.35. The number of aromatic amines is 1. The average Bonchev–Trinajstić information content (AvgIpc) is 3.50. The Hall–Kier alpha value is -2.03. The number of aromatic nitrogens is 2. The Morgan fingerprint density at radius 3 is 3.00 bits per heavy atom. The lowest BCUT2D eigenvalue weighted by atomic mass is 10.1. The number of hydrogen-bond donors (Lipinski definition) is 1. The van der Waals surface area contributed by atoms with Crippen molar-refractivity contribution in [3.8, 4) is 0 Å². The second kappa shape index (κ2) is 8.24. The van der Waals surface area contributed by atoms with E-state index in [2.05, 4.69) is 28.3 Å². The van der Waals surface area contributed by atoms with E-state index in [1.807, 2.05) is 4.90 Å². The summed E-state index contributed by atoms with van der Waals surface area (Å²) in [5.74, 6) is 0.693. The molecule has 0 aromatic carbocycles. The van der Waals surface area contributed by atoms with Gasteiger partial charge in [0.1, 0.15) is 11.9 Å². The van der Waals surface area contributed by atoms with Gasteiger partial charge in [-0.3, -0.25) is 14.5 Å². The molecule has 3 aliphatic heterocycles. The van der Waals surface area contributed by atoms with Crippen LogP contribution in [0.4, 0.5) is 0 Å². The number of fused-ring (bicyclic) bond motifs is 1. The highest BCUT2D eigenvalue weighted by Gasteiger charge is 2.37. The Labute approximate surface area is 180 Å². The number of H-pyrrole nitrogens is 1. The second-order valence-corrected chi connectivity index (χ2v) is 9.56. The van der Waals surface area contributed by atoms with Crippen molar-refractivity contribution in [2.75, 3.05) is 19.7 Å². The summed E-state index contributed by atoms with van der Waals surface area (Å²) in [6.07, 6.45) is 3.93. The Morgan fingerprint density at radius 1 is 1.33 bits per heavy atom. The summed E-state index contributed by atoms with van der Waals surface area (Å²) in [4.78, 5) is 39.3. The third kappa shape index (κ3) is 3.72. The van der Waals surface area contributed by atoms with Gasteiger partial charge in [-0.2, -0.15) is 0 Å². The van der Waals surface area contributed by atoms with Crippen LogP contribution >= 0.6 is 11.3 Å². The van der Waals surface area contributed by atoms with E-state index in [-0.39, 0.29) is 23.6 Å². The summed E-state index contributed by atoms with van der Waals surface area (Å²) >= 11 is 1.77. The first-order valence-corrected chi connectivity index (χ1v) is 11.8. The second-order valence-electron chi connectivity index (χ2n) is 8.56. The molecule has 3 aliphatic rings. The molecule has 2 saturated heterocycles. The van der Waals surface area contributed by atoms with E-state index >= 15 is 0 Å². The standard InChI is InChI=1S/C22H28N4O3S/c1-14-7-11-30-19(14)13-25-9-6-16-15(12-25)21(27)24-20(23-16)17-4-2-8-26(17)22(28)18-5-3-10-29-18/h7,11,17-18H,2-6,8-10,12-13H2,1H3,(H,23,24,27)/t17-,18-/m0/s1. The molecule has 0 unspecified atom stereocenters. The molecule has 5 rings (SSSR count). The van der Waals surface area contributed by atoms with Gasteiger partial charge in [0.15, 0.2) is 0 Å². The molecule has 1 amide bonds. The smallest absolute Gasteiger partial charge is 0.255 e. The highest BCUT2D eigenvalue weighted by Crippen LogP contribution is 2.32. The van der Waals surface area contributed by atoms with Crippen molar-refractivity contribution in [3.05, 3.63) is 49.3 Å². The van der Waals surface area contributed by atoms with Gasteiger partial charge in [-0.25, -0.2) is 4.98 Å². The van der Waals surface area contributed by atoms with Gasteiger partial charge in [-0.1, -0.05) is 0 Å². The predicted molar refractivity (Wildman–Crippen MR) is 114 cm³/mol. The van der Waals surface area contributed by atoms with Crippen LogP contribution in [0.2, 0.25) is 0 Å². The summed E-state index contributed by atoms with van der Waals surface area (Å²) in [5, 5.41) is 2.12. The number of ether oxygens (including phenoxy) is 1. The number of amides is 1. The van der Waals surface area contributed by atoms with Crippen molar-refractivity contribution in [2.24, 2.45) is 0 Å². The van der Waals surface area contributed by atoms with Crippen LogP contribution in [0.1, 0.15) is 59.2 Å². The molecular weight excluding hydrogens is 400 g/mol. The van der Waals surface area contributed by atoms with Crippen molar-refractivity contribution in [3.63, 3.8) is 0 Å². The molecule has 160 valence electrons. The maximum Gasteiger partial charge on any atom is 0.255 e. The molecule has 0 bridgehead atoms. The molecule has 0 spiro atoms. The zero-order valence-corrected chi connectivity index (χ0v) is 18.2. The zero-order chi connectivity index (χ0) is 20.7. The van der Waals surface area contributed by atoms with Crippen LogP contribution in [0.3, 0.4) is 0 Å². The fraction of sp³-hybridized carbons (Fsp3) is 0.591. The summed E-state index contributed by atoms with van der Waals surface area (Å²) < 4.78 is 5.60. The van der Waals surface area contributed by atoms with Crippen LogP contribution in [-0.4, -0.2) is 51.5 Å². The van der Waals surface area contributed by atoms with Gasteiger partial charge >= 0.3 is 0 Å². The quantitative estimate of drug-likeness (QED) is 0.810. The van der Waals surface area contributed by atoms with Gasteiger partial charge < -0.3 is 14.6 Å². The van der Waals surface area contributed by atoms with Gasteiger partial charge in [0, 0.05) is 44.1 Å². The molecule has 5 heterocycles. The average molecular weight is 429 g/mol. The lowest BCUT2D eigenvalue weighted by molar-refractivity contribution is -0.142. The Bertz CT molecular complexity index is 995. The van der Waals surface area contributed by atoms with Gasteiger partial charge in [0.25, 0.3) is 11.5 Å². The maximum absolute atomic E-state index is 12.9. The highest BCUT2D eigenvalue weighted by molar-refractivity contribution is 7.10. The van der Waals surface area contributed by atoms with Crippen LogP contribution in [0, 0.1) is 6.92 Å². The van der Waals surface area contributed by atoms with E-state index < -0.39 is 0 Å². The third-order valence-corrected chi connectivity index (χ3v) is 7.57. The molecule has 0 aliphatic carbocycles. The predicted octanol–water partition coefficient (Wildman–Crippen LogP) is 2.54. The number of carbonyl (C=O) groups is 1. The first-order valence-electron chi connectivity index (χ1n) is 10.9. The van der Waals surface area contributed by atoms with Crippen molar-refractivity contribution < 1.29 is 9.53 Å². The van der Waals surface area contributed by atoms with Crippen LogP contribution < -0.4 is 5.56 Å². The van der Waals surface area contributed by atoms with E-state index in [9.17, 15) is 9.59 Å². The van der Waals surface area contributed by atoms with Gasteiger partial charge in [0.2, 0.25) is 0 Å². The lowest BCUT2D eigenvalue weighted by Gasteiger charge is -2.29. The molecular formula is C22H28N4O3S. The van der Waals surface area contributed by atoms with Crippen LogP contribution in [0.15, 0.2) is 16.2 Å². The summed E-state index contributed by atoms with van der Waals surface area (Å²) in [6.45, 7) is 5.89. The number of carbonyl (C=O) groups excluding carboxylic acids is 1. The SMILES string of the molecule is Cc1ccsc1CN1CCc2nc([C@@H]3CCCN3C(=O)[C@@H]3CCCO3)[nH]c(=O)c2C1. The molecule has 2 aromatic heterocycles. The lowest BCUT2D eigenvalue weighted by Crippen LogP contribution is -2.40. The minimum Gasteiger partial charge on any atom is -0.368 e. The van der Waals surface area contributed by atoms with Crippen molar-refractivity contribution >= 4 is 17.2 Å². The molecule has 30 heavy (non-hydrogen) atoms.